The minimum atomic E-state index is -6.00. The van der Waals surface area contributed by atoms with E-state index in [1.165, 1.54) is 0 Å². The van der Waals surface area contributed by atoms with Crippen molar-refractivity contribution >= 4 is 14.5 Å². The molecule has 0 N–H and O–H groups in total. The Balaban J connectivity index is -0.000000379. The quantitative estimate of drug-likeness (QED) is 0.186. The monoisotopic (exact) mass is 1200 g/mol. The van der Waals surface area contributed by atoms with Crippen molar-refractivity contribution in [2.75, 3.05) is 210 Å². The fraction of sp³-hybridized carbons (Fsp3) is 0.800. The molecule has 8 aliphatic heterocycles. The molecule has 436 valence electrons. The minimum absolute atomic E-state index is 0. The van der Waals surface area contributed by atoms with E-state index in [9.17, 15) is 34.5 Å². The molecule has 0 bridgehead atoms. The van der Waals surface area contributed by atoms with Gasteiger partial charge in [0.1, 0.15) is 0 Å². The zero-order valence-corrected chi connectivity index (χ0v) is 43.7. The molecule has 36 heteroatoms. The summed E-state index contributed by atoms with van der Waals surface area (Å²) in [5.74, 6) is 0. The fourth-order valence-electron chi connectivity index (χ4n) is 5.31. The SMILES string of the molecule is F[B-](F)(F)F.F[B-](F)(F)F.N#CN1CCOCC1.N#CN1CCOCC1.N#CN1CCOCC1.N#CN1CCOCC1.N#CN1CCOCC1.N#CN1CCOCC1.N#CN1CCOCC1.N#CN1CCOCC1.[Cu+].[Cu+]. The molecule has 0 spiro atoms. The first-order valence-electron chi connectivity index (χ1n) is 23.0. The van der Waals surface area contributed by atoms with Gasteiger partial charge in [-0.2, -0.15) is 42.1 Å². The summed E-state index contributed by atoms with van der Waals surface area (Å²) in [7, 11) is -12.0. The molecule has 8 heterocycles. The van der Waals surface area contributed by atoms with Crippen LogP contribution in [0.5, 0.6) is 0 Å². The molecule has 0 atom stereocenters. The van der Waals surface area contributed by atoms with E-state index < -0.39 is 14.5 Å². The van der Waals surface area contributed by atoms with E-state index in [0.717, 1.165) is 105 Å². The van der Waals surface area contributed by atoms with E-state index in [0.29, 0.717) is 106 Å². The van der Waals surface area contributed by atoms with E-state index in [-0.39, 0.29) is 34.1 Å². The van der Waals surface area contributed by atoms with Gasteiger partial charge in [-0.1, -0.05) is 0 Å². The molecular formula is C40H64B2Cu2F8N16O8. The predicted molar refractivity (Wildman–Crippen MR) is 244 cm³/mol. The van der Waals surface area contributed by atoms with Crippen molar-refractivity contribution in [2.24, 2.45) is 0 Å². The van der Waals surface area contributed by atoms with Gasteiger partial charge < -0.3 is 112 Å². The summed E-state index contributed by atoms with van der Waals surface area (Å²) in [5.41, 5.74) is 0. The number of hydrogen-bond acceptors (Lipinski definition) is 24. The van der Waals surface area contributed by atoms with E-state index in [2.05, 4.69) is 49.5 Å². The van der Waals surface area contributed by atoms with Crippen LogP contribution in [0.3, 0.4) is 0 Å². The van der Waals surface area contributed by atoms with E-state index in [1.54, 1.807) is 39.2 Å². The minimum Gasteiger partial charge on any atom is -0.418 e. The Morgan fingerprint density at radius 2 is 0.276 bits per heavy atom. The predicted octanol–water partition coefficient (Wildman–Crippen LogP) is 0.992. The van der Waals surface area contributed by atoms with Crippen LogP contribution < -0.4 is 0 Å². The second kappa shape index (κ2) is 53.0. The van der Waals surface area contributed by atoms with Crippen molar-refractivity contribution in [1.29, 1.82) is 42.1 Å². The largest absolute Gasteiger partial charge is 1.00 e. The number of nitriles is 8. The number of hydrogen-bond donors (Lipinski definition) is 0. The number of morpholine rings is 8. The first kappa shape index (κ1) is 77.1. The topological polar surface area (TPSA) is 290 Å². The molecule has 8 aliphatic rings. The molecular weight excluding hydrogens is 1130 g/mol. The van der Waals surface area contributed by atoms with Crippen molar-refractivity contribution < 1.29 is 107 Å². The molecule has 76 heavy (non-hydrogen) atoms. The molecule has 0 aromatic carbocycles. The van der Waals surface area contributed by atoms with Crippen molar-refractivity contribution in [1.82, 2.24) is 39.2 Å². The normalized spacial score (nSPS) is 18.5. The third kappa shape index (κ3) is 56.3. The van der Waals surface area contributed by atoms with Crippen LogP contribution in [0.25, 0.3) is 0 Å². The first-order valence-corrected chi connectivity index (χ1v) is 23.0. The Bertz CT molecular complexity index is 1370. The Morgan fingerprint density at radius 3 is 0.316 bits per heavy atom. The zero-order chi connectivity index (χ0) is 55.6. The fourth-order valence-corrected chi connectivity index (χ4v) is 5.31. The molecule has 0 radical (unpaired) electrons. The van der Waals surface area contributed by atoms with Crippen molar-refractivity contribution in [3.63, 3.8) is 0 Å². The van der Waals surface area contributed by atoms with Crippen LogP contribution in [0.2, 0.25) is 0 Å². The molecule has 24 nitrogen and oxygen atoms in total. The van der Waals surface area contributed by atoms with Crippen LogP contribution >= 0.6 is 0 Å². The van der Waals surface area contributed by atoms with Crippen molar-refractivity contribution in [3.05, 3.63) is 0 Å². The standard InChI is InChI=1S/8C5H8N2O.2BF4.2Cu/c8*6-5-7-1-3-8-4-2-7;2*2-1(3,4)5;;/h8*1-4H2;;;;/q;;;;;;;;2*-1;2*+1. The summed E-state index contributed by atoms with van der Waals surface area (Å²) in [6.07, 6.45) is 16.5. The number of halogens is 8. The maximum absolute atomic E-state index is 9.75. The van der Waals surface area contributed by atoms with Crippen LogP contribution in [0, 0.1) is 91.6 Å². The van der Waals surface area contributed by atoms with Gasteiger partial charge in [-0.05, 0) is 0 Å². The van der Waals surface area contributed by atoms with Gasteiger partial charge in [0.05, 0.1) is 210 Å². The Morgan fingerprint density at radius 1 is 0.211 bits per heavy atom. The Labute approximate surface area is 460 Å². The molecule has 8 rings (SSSR count). The van der Waals surface area contributed by atoms with Crippen LogP contribution in [-0.4, -0.2) is 264 Å². The maximum Gasteiger partial charge on any atom is 1.00 e. The second-order valence-electron chi connectivity index (χ2n) is 14.6. The van der Waals surface area contributed by atoms with E-state index in [4.69, 9.17) is 80.0 Å². The summed E-state index contributed by atoms with van der Waals surface area (Å²) in [5, 5.41) is 66.5. The van der Waals surface area contributed by atoms with Gasteiger partial charge in [-0.25, -0.2) is 0 Å². The molecule has 0 aromatic rings. The number of rotatable bonds is 0. The van der Waals surface area contributed by atoms with Crippen molar-refractivity contribution in [2.45, 2.75) is 0 Å². The molecule has 0 amide bonds. The third-order valence-electron chi connectivity index (χ3n) is 9.22. The smallest absolute Gasteiger partial charge is 0.418 e. The third-order valence-corrected chi connectivity index (χ3v) is 9.22. The first-order chi connectivity index (χ1) is 35.5. The van der Waals surface area contributed by atoms with E-state index in [1.807, 2.05) is 0 Å². The zero-order valence-electron chi connectivity index (χ0n) is 41.8. The van der Waals surface area contributed by atoms with Crippen molar-refractivity contribution in [3.8, 4) is 49.5 Å². The summed E-state index contributed by atoms with van der Waals surface area (Å²) < 4.78 is 118. The second-order valence-corrected chi connectivity index (χ2v) is 14.6. The average molecular weight is 1200 g/mol. The summed E-state index contributed by atoms with van der Waals surface area (Å²) in [4.78, 5) is 13.6. The van der Waals surface area contributed by atoms with Crippen LogP contribution in [-0.2, 0) is 72.0 Å². The van der Waals surface area contributed by atoms with Gasteiger partial charge >= 0.3 is 48.6 Å². The molecule has 0 aromatic heterocycles. The van der Waals surface area contributed by atoms with Gasteiger partial charge in [-0.3, -0.25) is 0 Å². The van der Waals surface area contributed by atoms with Gasteiger partial charge in [0.15, 0.2) is 49.5 Å². The Hall–Kier alpha value is -5.39. The number of ether oxygens (including phenoxy) is 8. The molecule has 0 saturated carbocycles. The van der Waals surface area contributed by atoms with Gasteiger partial charge in [0, 0.05) is 0 Å². The van der Waals surface area contributed by atoms with Gasteiger partial charge in [0.2, 0.25) is 0 Å². The molecule has 0 aliphatic carbocycles. The summed E-state index contributed by atoms with van der Waals surface area (Å²) in [6, 6.07) is 0. The van der Waals surface area contributed by atoms with Crippen LogP contribution in [0.4, 0.5) is 34.5 Å². The summed E-state index contributed by atoms with van der Waals surface area (Å²) in [6.45, 7) is 23.4. The van der Waals surface area contributed by atoms with E-state index >= 15 is 0 Å². The summed E-state index contributed by atoms with van der Waals surface area (Å²) >= 11 is 0. The molecule has 8 saturated heterocycles. The maximum atomic E-state index is 9.75. The van der Waals surface area contributed by atoms with Gasteiger partial charge in [-0.15, -0.1) is 0 Å². The molecule has 0 unspecified atom stereocenters. The van der Waals surface area contributed by atoms with Gasteiger partial charge in [0.25, 0.3) is 0 Å². The molecule has 8 fully saturated rings. The Kier molecular flexibility index (Phi) is 53.8. The van der Waals surface area contributed by atoms with Crippen LogP contribution in [0.15, 0.2) is 0 Å². The van der Waals surface area contributed by atoms with Crippen LogP contribution in [0.1, 0.15) is 0 Å². The average Bonchev–Trinajstić information content (AvgIpc) is 3.45. The number of nitrogens with zero attached hydrogens (tertiary/aromatic N) is 16.